The molecular weight excluding hydrogens is 501 g/mol. The highest BCUT2D eigenvalue weighted by Crippen LogP contribution is 2.27. The van der Waals surface area contributed by atoms with E-state index in [1.807, 2.05) is 30.3 Å². The van der Waals surface area contributed by atoms with Crippen LogP contribution in [0.1, 0.15) is 30.0 Å². The molecule has 2 heterocycles. The van der Waals surface area contributed by atoms with Crippen molar-refractivity contribution >= 4 is 22.8 Å². The number of nitrogens with zero attached hydrogens (tertiary/aromatic N) is 4. The minimum absolute atomic E-state index is 0.0573. The van der Waals surface area contributed by atoms with E-state index in [1.165, 1.54) is 21.7 Å². The number of benzene rings is 3. The van der Waals surface area contributed by atoms with Gasteiger partial charge in [-0.3, -0.25) is 9.59 Å². The standard InChI is InChI=1S/C29H30FN5O4/c1-38-21-14-12-20(13-15-21)18-34(27(36)19-35-26-11-5-4-10-25(26)32-33-35)28(23-8-2-3-9-24(23)30)29(37)31-17-22-7-6-16-39-22/h2-5,8-15,22,28H,6-7,16-19H2,1H3,(H,31,37)/t22-,28+/m1/s1. The van der Waals surface area contributed by atoms with Gasteiger partial charge in [0.2, 0.25) is 11.8 Å². The SMILES string of the molecule is COc1ccc(CN(C(=O)Cn2nnc3ccccc32)[C@H](C(=O)NC[C@H]2CCCO2)c2ccccc2F)cc1. The maximum atomic E-state index is 15.2. The van der Waals surface area contributed by atoms with E-state index < -0.39 is 23.7 Å². The van der Waals surface area contributed by atoms with Crippen LogP contribution in [0, 0.1) is 5.82 Å². The quantitative estimate of drug-likeness (QED) is 0.336. The number of amides is 2. The number of rotatable bonds is 10. The van der Waals surface area contributed by atoms with Crippen LogP contribution in [0.3, 0.4) is 0 Å². The molecule has 1 N–H and O–H groups in total. The Balaban J connectivity index is 1.50. The Labute approximate surface area is 225 Å². The molecule has 0 aliphatic carbocycles. The minimum atomic E-state index is -1.23. The Morgan fingerprint density at radius 3 is 2.64 bits per heavy atom. The molecule has 5 rings (SSSR count). The van der Waals surface area contributed by atoms with Crippen molar-refractivity contribution in [2.24, 2.45) is 0 Å². The number of hydrogen-bond donors (Lipinski definition) is 1. The van der Waals surface area contributed by atoms with E-state index >= 15 is 4.39 Å². The van der Waals surface area contributed by atoms with Crippen molar-refractivity contribution in [2.75, 3.05) is 20.3 Å². The van der Waals surface area contributed by atoms with Gasteiger partial charge in [0.05, 0.1) is 18.7 Å². The van der Waals surface area contributed by atoms with Crippen LogP contribution in [0.2, 0.25) is 0 Å². The van der Waals surface area contributed by atoms with Gasteiger partial charge in [0.1, 0.15) is 29.7 Å². The number of methoxy groups -OCH3 is 1. The summed E-state index contributed by atoms with van der Waals surface area (Å²) in [6.45, 7) is 0.801. The molecule has 4 aromatic rings. The van der Waals surface area contributed by atoms with Gasteiger partial charge in [0.25, 0.3) is 0 Å². The molecule has 10 heteroatoms. The van der Waals surface area contributed by atoms with Gasteiger partial charge >= 0.3 is 0 Å². The average Bonchev–Trinajstić information content (AvgIpc) is 3.63. The van der Waals surface area contributed by atoms with E-state index in [2.05, 4.69) is 15.6 Å². The van der Waals surface area contributed by atoms with Gasteiger partial charge < -0.3 is 19.7 Å². The summed E-state index contributed by atoms with van der Waals surface area (Å²) in [6, 6.07) is 19.3. The first kappa shape index (κ1) is 26.3. The molecule has 3 aromatic carbocycles. The molecule has 1 aliphatic heterocycles. The van der Waals surface area contributed by atoms with Crippen molar-refractivity contribution in [3.05, 3.63) is 89.7 Å². The highest BCUT2D eigenvalue weighted by Gasteiger charge is 2.34. The van der Waals surface area contributed by atoms with Crippen molar-refractivity contribution < 1.29 is 23.5 Å². The molecule has 2 amide bonds. The first-order chi connectivity index (χ1) is 19.0. The van der Waals surface area contributed by atoms with Crippen LogP contribution in [0.15, 0.2) is 72.8 Å². The molecule has 1 fully saturated rings. The fourth-order valence-corrected chi connectivity index (χ4v) is 4.77. The van der Waals surface area contributed by atoms with E-state index in [0.29, 0.717) is 23.4 Å². The molecule has 39 heavy (non-hydrogen) atoms. The second-order valence-electron chi connectivity index (χ2n) is 9.41. The zero-order valence-corrected chi connectivity index (χ0v) is 21.6. The van der Waals surface area contributed by atoms with E-state index in [-0.39, 0.29) is 31.3 Å². The maximum Gasteiger partial charge on any atom is 0.247 e. The third-order valence-electron chi connectivity index (χ3n) is 6.83. The topological polar surface area (TPSA) is 98.6 Å². The lowest BCUT2D eigenvalue weighted by atomic mass is 10.0. The maximum absolute atomic E-state index is 15.2. The highest BCUT2D eigenvalue weighted by molar-refractivity contribution is 5.89. The molecular formula is C29H30FN5O4. The summed E-state index contributed by atoms with van der Waals surface area (Å²) in [4.78, 5) is 29.1. The molecule has 2 atom stereocenters. The number of carbonyl (C=O) groups excluding carboxylic acids is 2. The molecule has 1 aromatic heterocycles. The number of hydrogen-bond acceptors (Lipinski definition) is 6. The largest absolute Gasteiger partial charge is 0.497 e. The number of para-hydroxylation sites is 1. The Morgan fingerprint density at radius 2 is 1.90 bits per heavy atom. The third kappa shape index (κ3) is 6.06. The minimum Gasteiger partial charge on any atom is -0.497 e. The molecule has 202 valence electrons. The summed E-state index contributed by atoms with van der Waals surface area (Å²) in [5.41, 5.74) is 2.18. The molecule has 0 radical (unpaired) electrons. The van der Waals surface area contributed by atoms with E-state index in [0.717, 1.165) is 18.4 Å². The Morgan fingerprint density at radius 1 is 1.13 bits per heavy atom. The number of ether oxygens (including phenoxy) is 2. The lowest BCUT2D eigenvalue weighted by Gasteiger charge is -2.32. The molecule has 0 spiro atoms. The van der Waals surface area contributed by atoms with Crippen molar-refractivity contribution in [1.82, 2.24) is 25.2 Å². The fraction of sp³-hybridized carbons (Fsp3) is 0.310. The van der Waals surface area contributed by atoms with Crippen LogP contribution < -0.4 is 10.1 Å². The van der Waals surface area contributed by atoms with Crippen LogP contribution in [-0.2, 0) is 27.4 Å². The molecule has 0 bridgehead atoms. The predicted molar refractivity (Wildman–Crippen MR) is 142 cm³/mol. The monoisotopic (exact) mass is 531 g/mol. The first-order valence-corrected chi connectivity index (χ1v) is 12.9. The normalized spacial score (nSPS) is 15.7. The van der Waals surface area contributed by atoms with E-state index in [9.17, 15) is 9.59 Å². The van der Waals surface area contributed by atoms with Crippen molar-refractivity contribution in [3.8, 4) is 5.75 Å². The lowest BCUT2D eigenvalue weighted by molar-refractivity contribution is -0.142. The van der Waals surface area contributed by atoms with Crippen molar-refractivity contribution in [2.45, 2.75) is 38.1 Å². The van der Waals surface area contributed by atoms with E-state index in [1.54, 1.807) is 37.4 Å². The van der Waals surface area contributed by atoms with Gasteiger partial charge in [-0.1, -0.05) is 47.7 Å². The molecule has 1 aliphatic rings. The lowest BCUT2D eigenvalue weighted by Crippen LogP contribution is -2.46. The Bertz CT molecular complexity index is 1440. The van der Waals surface area contributed by atoms with Crippen LogP contribution >= 0.6 is 0 Å². The number of carbonyl (C=O) groups is 2. The highest BCUT2D eigenvalue weighted by atomic mass is 19.1. The summed E-state index contributed by atoms with van der Waals surface area (Å²) in [6.07, 6.45) is 1.64. The zero-order valence-electron chi connectivity index (χ0n) is 21.6. The number of fused-ring (bicyclic) bond motifs is 1. The molecule has 0 unspecified atom stereocenters. The summed E-state index contributed by atoms with van der Waals surface area (Å²) in [5, 5.41) is 11.2. The van der Waals surface area contributed by atoms with Gasteiger partial charge in [-0.25, -0.2) is 9.07 Å². The van der Waals surface area contributed by atoms with Gasteiger partial charge in [0.15, 0.2) is 0 Å². The van der Waals surface area contributed by atoms with Crippen LogP contribution in [-0.4, -0.2) is 58.1 Å². The summed E-state index contributed by atoms with van der Waals surface area (Å²) >= 11 is 0. The second-order valence-corrected chi connectivity index (χ2v) is 9.41. The zero-order chi connectivity index (χ0) is 27.2. The smallest absolute Gasteiger partial charge is 0.247 e. The molecule has 1 saturated heterocycles. The molecule has 0 saturated carbocycles. The van der Waals surface area contributed by atoms with Gasteiger partial charge in [0, 0.05) is 25.3 Å². The Kier molecular flexibility index (Phi) is 8.12. The van der Waals surface area contributed by atoms with Gasteiger partial charge in [-0.05, 0) is 48.7 Å². The van der Waals surface area contributed by atoms with Crippen LogP contribution in [0.4, 0.5) is 4.39 Å². The predicted octanol–water partition coefficient (Wildman–Crippen LogP) is 3.64. The second kappa shape index (κ2) is 12.0. The van der Waals surface area contributed by atoms with Crippen molar-refractivity contribution in [1.29, 1.82) is 0 Å². The Hall–Kier alpha value is -4.31. The first-order valence-electron chi connectivity index (χ1n) is 12.9. The van der Waals surface area contributed by atoms with E-state index in [4.69, 9.17) is 9.47 Å². The summed E-state index contributed by atoms with van der Waals surface area (Å²) < 4.78 is 27.6. The molecule has 9 nitrogen and oxygen atoms in total. The van der Waals surface area contributed by atoms with Crippen molar-refractivity contribution in [3.63, 3.8) is 0 Å². The summed E-state index contributed by atoms with van der Waals surface area (Å²) in [7, 11) is 1.57. The summed E-state index contributed by atoms with van der Waals surface area (Å²) in [5.74, 6) is -0.818. The van der Waals surface area contributed by atoms with Crippen LogP contribution in [0.25, 0.3) is 11.0 Å². The third-order valence-corrected chi connectivity index (χ3v) is 6.83. The number of aromatic nitrogens is 3. The van der Waals surface area contributed by atoms with Crippen LogP contribution in [0.5, 0.6) is 5.75 Å². The fourth-order valence-electron chi connectivity index (χ4n) is 4.77. The number of halogens is 1. The van der Waals surface area contributed by atoms with Gasteiger partial charge in [-0.15, -0.1) is 5.10 Å². The van der Waals surface area contributed by atoms with Gasteiger partial charge in [-0.2, -0.15) is 0 Å². The number of nitrogens with one attached hydrogen (secondary N) is 1. The average molecular weight is 532 g/mol.